The van der Waals surface area contributed by atoms with Crippen molar-refractivity contribution >= 4 is 5.97 Å². The van der Waals surface area contributed by atoms with Crippen molar-refractivity contribution in [3.05, 3.63) is 35.4 Å². The van der Waals surface area contributed by atoms with Crippen LogP contribution in [-0.2, 0) is 9.53 Å². The average Bonchev–Trinajstić information content (AvgIpc) is 2.46. The molecule has 4 nitrogen and oxygen atoms in total. The van der Waals surface area contributed by atoms with E-state index < -0.39 is 5.97 Å². The van der Waals surface area contributed by atoms with Crippen LogP contribution in [0.4, 0.5) is 0 Å². The van der Waals surface area contributed by atoms with Crippen LogP contribution in [0.5, 0.6) is 0 Å². The molecule has 0 radical (unpaired) electrons. The minimum absolute atomic E-state index is 0.114. The van der Waals surface area contributed by atoms with Crippen LogP contribution in [0, 0.1) is 0 Å². The number of hydrogen-bond donors (Lipinski definition) is 2. The van der Waals surface area contributed by atoms with Gasteiger partial charge < -0.3 is 15.6 Å². The topological polar surface area (TPSA) is 72.6 Å². The lowest BCUT2D eigenvalue weighted by atomic mass is 9.90. The molecule has 1 aliphatic rings. The molecule has 4 heteroatoms. The quantitative estimate of drug-likeness (QED) is 0.855. The van der Waals surface area contributed by atoms with E-state index in [0.717, 1.165) is 31.6 Å². The summed E-state index contributed by atoms with van der Waals surface area (Å²) in [7, 11) is 0. The minimum Gasteiger partial charge on any atom is -0.481 e. The molecule has 0 aliphatic carbocycles. The Morgan fingerprint density at radius 3 is 2.53 bits per heavy atom. The first-order chi connectivity index (χ1) is 9.16. The van der Waals surface area contributed by atoms with E-state index in [1.807, 2.05) is 12.1 Å². The van der Waals surface area contributed by atoms with Crippen molar-refractivity contribution in [2.75, 3.05) is 13.2 Å². The molecule has 0 saturated carbocycles. The number of carboxylic acid groups (broad SMARTS) is 1. The van der Waals surface area contributed by atoms with Gasteiger partial charge in [0.25, 0.3) is 0 Å². The van der Waals surface area contributed by atoms with Crippen molar-refractivity contribution in [1.29, 1.82) is 0 Å². The van der Waals surface area contributed by atoms with Gasteiger partial charge in [0.2, 0.25) is 0 Å². The second kappa shape index (κ2) is 6.68. The maximum Gasteiger partial charge on any atom is 0.303 e. The molecule has 1 fully saturated rings. The molecule has 0 amide bonds. The van der Waals surface area contributed by atoms with Crippen molar-refractivity contribution in [3.8, 4) is 0 Å². The van der Waals surface area contributed by atoms with Gasteiger partial charge in [-0.15, -0.1) is 0 Å². The predicted molar refractivity (Wildman–Crippen MR) is 73.0 cm³/mol. The van der Waals surface area contributed by atoms with Gasteiger partial charge in [0, 0.05) is 25.7 Å². The van der Waals surface area contributed by atoms with E-state index in [1.165, 1.54) is 5.56 Å². The van der Waals surface area contributed by atoms with Crippen molar-refractivity contribution in [3.63, 3.8) is 0 Å². The maximum absolute atomic E-state index is 10.5. The Kier molecular flexibility index (Phi) is 4.93. The zero-order chi connectivity index (χ0) is 13.7. The summed E-state index contributed by atoms with van der Waals surface area (Å²) in [6, 6.07) is 8.09. The van der Waals surface area contributed by atoms with E-state index >= 15 is 0 Å². The van der Waals surface area contributed by atoms with Gasteiger partial charge in [-0.3, -0.25) is 4.79 Å². The van der Waals surface area contributed by atoms with Gasteiger partial charge in [-0.05, 0) is 36.3 Å². The Bertz CT molecular complexity index is 410. The normalized spacial score (nSPS) is 18.2. The number of carbonyl (C=O) groups is 1. The molecule has 0 spiro atoms. The van der Waals surface area contributed by atoms with E-state index in [9.17, 15) is 4.79 Å². The Balaban J connectivity index is 1.95. The van der Waals surface area contributed by atoms with Crippen LogP contribution in [0.1, 0.15) is 48.8 Å². The molecule has 0 aromatic heterocycles. The van der Waals surface area contributed by atoms with Crippen LogP contribution < -0.4 is 5.73 Å². The average molecular weight is 263 g/mol. The monoisotopic (exact) mass is 263 g/mol. The van der Waals surface area contributed by atoms with Crippen molar-refractivity contribution in [1.82, 2.24) is 0 Å². The number of benzene rings is 1. The molecule has 104 valence electrons. The summed E-state index contributed by atoms with van der Waals surface area (Å²) in [5.41, 5.74) is 8.33. The number of nitrogens with two attached hydrogens (primary N) is 1. The predicted octanol–water partition coefficient (Wildman–Crippen LogP) is 2.45. The fourth-order valence-electron chi connectivity index (χ4n) is 2.49. The Hall–Kier alpha value is -1.39. The maximum atomic E-state index is 10.5. The number of hydrogen-bond acceptors (Lipinski definition) is 3. The molecule has 1 atom stereocenters. The third kappa shape index (κ3) is 4.04. The highest BCUT2D eigenvalue weighted by molar-refractivity contribution is 5.66. The highest BCUT2D eigenvalue weighted by Gasteiger charge is 2.16. The fourth-order valence-corrected chi connectivity index (χ4v) is 2.49. The van der Waals surface area contributed by atoms with Crippen LogP contribution in [0.25, 0.3) is 0 Å². The standard InChI is InChI=1S/C15H21NO3/c16-14(5-6-15(17)18)13-3-1-11(2-4-13)12-7-9-19-10-8-12/h1-4,12,14H,5-10,16H2,(H,17,18). The summed E-state index contributed by atoms with van der Waals surface area (Å²) in [5.74, 6) is -0.215. The van der Waals surface area contributed by atoms with Gasteiger partial charge in [0.1, 0.15) is 0 Å². The first kappa shape index (κ1) is 14.0. The van der Waals surface area contributed by atoms with E-state index in [2.05, 4.69) is 12.1 Å². The fraction of sp³-hybridized carbons (Fsp3) is 0.533. The smallest absolute Gasteiger partial charge is 0.303 e. The van der Waals surface area contributed by atoms with Crippen LogP contribution in [0.15, 0.2) is 24.3 Å². The van der Waals surface area contributed by atoms with Crippen LogP contribution >= 0.6 is 0 Å². The molecule has 1 aromatic rings. The SMILES string of the molecule is NC(CCC(=O)O)c1ccc(C2CCOCC2)cc1. The summed E-state index contributed by atoms with van der Waals surface area (Å²) < 4.78 is 5.36. The van der Waals surface area contributed by atoms with Crippen LogP contribution in [0.3, 0.4) is 0 Å². The second-order valence-corrected chi connectivity index (χ2v) is 5.09. The highest BCUT2D eigenvalue weighted by Crippen LogP contribution is 2.28. The van der Waals surface area contributed by atoms with Crippen molar-refractivity contribution in [2.24, 2.45) is 5.73 Å². The van der Waals surface area contributed by atoms with Gasteiger partial charge >= 0.3 is 5.97 Å². The van der Waals surface area contributed by atoms with Crippen molar-refractivity contribution in [2.45, 2.75) is 37.6 Å². The van der Waals surface area contributed by atoms with E-state index in [0.29, 0.717) is 12.3 Å². The van der Waals surface area contributed by atoms with Gasteiger partial charge in [-0.1, -0.05) is 24.3 Å². The minimum atomic E-state index is -0.797. The summed E-state index contributed by atoms with van der Waals surface area (Å²) in [5, 5.41) is 8.66. The number of aliphatic carboxylic acids is 1. The first-order valence-corrected chi connectivity index (χ1v) is 6.82. The molecular formula is C15H21NO3. The van der Waals surface area contributed by atoms with Gasteiger partial charge in [-0.25, -0.2) is 0 Å². The molecule has 0 bridgehead atoms. The van der Waals surface area contributed by atoms with Crippen molar-refractivity contribution < 1.29 is 14.6 Å². The van der Waals surface area contributed by atoms with E-state index in [4.69, 9.17) is 15.6 Å². The largest absolute Gasteiger partial charge is 0.481 e. The lowest BCUT2D eigenvalue weighted by Crippen LogP contribution is -2.15. The highest BCUT2D eigenvalue weighted by atomic mass is 16.5. The van der Waals surface area contributed by atoms with Gasteiger partial charge in [0.05, 0.1) is 0 Å². The molecule has 1 aromatic carbocycles. The number of rotatable bonds is 5. The lowest BCUT2D eigenvalue weighted by Gasteiger charge is -2.23. The van der Waals surface area contributed by atoms with E-state index in [1.54, 1.807) is 0 Å². The first-order valence-electron chi connectivity index (χ1n) is 6.82. The zero-order valence-electron chi connectivity index (χ0n) is 11.0. The van der Waals surface area contributed by atoms with Gasteiger partial charge in [-0.2, -0.15) is 0 Å². The molecule has 1 unspecified atom stereocenters. The molecule has 3 N–H and O–H groups in total. The summed E-state index contributed by atoms with van der Waals surface area (Å²) in [4.78, 5) is 10.5. The second-order valence-electron chi connectivity index (χ2n) is 5.09. The third-order valence-electron chi connectivity index (χ3n) is 3.73. The Morgan fingerprint density at radius 2 is 1.95 bits per heavy atom. The zero-order valence-corrected chi connectivity index (χ0v) is 11.0. The van der Waals surface area contributed by atoms with E-state index in [-0.39, 0.29) is 12.5 Å². The lowest BCUT2D eigenvalue weighted by molar-refractivity contribution is -0.137. The summed E-state index contributed by atoms with van der Waals surface area (Å²) in [6.07, 6.45) is 2.74. The molecule has 1 aliphatic heterocycles. The Morgan fingerprint density at radius 1 is 1.32 bits per heavy atom. The number of carboxylic acids is 1. The third-order valence-corrected chi connectivity index (χ3v) is 3.73. The Labute approximate surface area is 113 Å². The number of ether oxygens (including phenoxy) is 1. The molecule has 1 heterocycles. The molecule has 19 heavy (non-hydrogen) atoms. The molecular weight excluding hydrogens is 242 g/mol. The molecule has 1 saturated heterocycles. The summed E-state index contributed by atoms with van der Waals surface area (Å²) >= 11 is 0. The molecule has 2 rings (SSSR count). The summed E-state index contributed by atoms with van der Waals surface area (Å²) in [6.45, 7) is 1.68. The van der Waals surface area contributed by atoms with Gasteiger partial charge in [0.15, 0.2) is 0 Å². The van der Waals surface area contributed by atoms with Crippen LogP contribution in [-0.4, -0.2) is 24.3 Å². The van der Waals surface area contributed by atoms with Crippen LogP contribution in [0.2, 0.25) is 0 Å².